The summed E-state index contributed by atoms with van der Waals surface area (Å²) in [5, 5.41) is 15.1. The molecule has 0 atom stereocenters. The molecule has 0 bridgehead atoms. The molecule has 1 aliphatic heterocycles. The lowest BCUT2D eigenvalue weighted by atomic mass is 9.86. The van der Waals surface area contributed by atoms with Crippen molar-refractivity contribution >= 4 is 11.9 Å². The SMILES string of the molecule is CC1(OCC(=O)NCC2(C(=O)O)CCCC2)CNC1. The summed E-state index contributed by atoms with van der Waals surface area (Å²) < 4.78 is 5.51. The molecule has 108 valence electrons. The molecule has 1 amide bonds. The van der Waals surface area contributed by atoms with Crippen LogP contribution in [-0.2, 0) is 14.3 Å². The molecule has 3 N–H and O–H groups in total. The summed E-state index contributed by atoms with van der Waals surface area (Å²) in [5.41, 5.74) is -1.02. The van der Waals surface area contributed by atoms with E-state index < -0.39 is 11.4 Å². The maximum atomic E-state index is 11.7. The van der Waals surface area contributed by atoms with Crippen LogP contribution in [-0.4, -0.2) is 48.8 Å². The quantitative estimate of drug-likeness (QED) is 0.638. The number of hydrogen-bond acceptors (Lipinski definition) is 4. The highest BCUT2D eigenvalue weighted by Crippen LogP contribution is 2.37. The third-order valence-corrected chi connectivity index (χ3v) is 4.19. The fourth-order valence-electron chi connectivity index (χ4n) is 2.66. The topological polar surface area (TPSA) is 87.7 Å². The molecule has 1 saturated heterocycles. The van der Waals surface area contributed by atoms with Crippen LogP contribution in [0, 0.1) is 5.41 Å². The van der Waals surface area contributed by atoms with E-state index in [0.29, 0.717) is 12.8 Å². The third kappa shape index (κ3) is 3.25. The molecule has 0 aromatic heterocycles. The minimum Gasteiger partial charge on any atom is -0.481 e. The van der Waals surface area contributed by atoms with Gasteiger partial charge in [-0.05, 0) is 19.8 Å². The van der Waals surface area contributed by atoms with Crippen molar-refractivity contribution in [3.63, 3.8) is 0 Å². The Labute approximate surface area is 112 Å². The summed E-state index contributed by atoms with van der Waals surface area (Å²) in [6, 6.07) is 0. The molecule has 2 rings (SSSR count). The molecule has 1 saturated carbocycles. The van der Waals surface area contributed by atoms with Crippen LogP contribution in [0.4, 0.5) is 0 Å². The van der Waals surface area contributed by atoms with Crippen LogP contribution in [0.25, 0.3) is 0 Å². The van der Waals surface area contributed by atoms with E-state index in [1.165, 1.54) is 0 Å². The van der Waals surface area contributed by atoms with Gasteiger partial charge in [0.1, 0.15) is 6.61 Å². The molecule has 2 fully saturated rings. The van der Waals surface area contributed by atoms with Gasteiger partial charge in [-0.3, -0.25) is 9.59 Å². The Kier molecular flexibility index (Phi) is 4.10. The number of hydrogen-bond donors (Lipinski definition) is 3. The number of carbonyl (C=O) groups is 2. The minimum atomic E-state index is -0.804. The number of ether oxygens (including phenoxy) is 1. The van der Waals surface area contributed by atoms with Gasteiger partial charge in [-0.15, -0.1) is 0 Å². The predicted octanol–water partition coefficient (Wildman–Crippen LogP) is 0.126. The van der Waals surface area contributed by atoms with E-state index in [1.54, 1.807) is 0 Å². The second kappa shape index (κ2) is 5.46. The Morgan fingerprint density at radius 3 is 2.42 bits per heavy atom. The van der Waals surface area contributed by atoms with Crippen molar-refractivity contribution in [1.82, 2.24) is 10.6 Å². The molecule has 1 aliphatic carbocycles. The lowest BCUT2D eigenvalue weighted by Gasteiger charge is -2.38. The normalized spacial score (nSPS) is 23.6. The highest BCUT2D eigenvalue weighted by molar-refractivity contribution is 5.80. The Balaban J connectivity index is 1.74. The van der Waals surface area contributed by atoms with Gasteiger partial charge in [0.2, 0.25) is 5.91 Å². The Morgan fingerprint density at radius 2 is 1.95 bits per heavy atom. The summed E-state index contributed by atoms with van der Waals surface area (Å²) in [5.74, 6) is -1.04. The van der Waals surface area contributed by atoms with Gasteiger partial charge in [0.05, 0.1) is 11.0 Å². The Bertz CT molecular complexity index is 360. The fourth-order valence-corrected chi connectivity index (χ4v) is 2.66. The monoisotopic (exact) mass is 270 g/mol. The van der Waals surface area contributed by atoms with Gasteiger partial charge in [0.15, 0.2) is 0 Å². The van der Waals surface area contributed by atoms with Crippen LogP contribution in [0.3, 0.4) is 0 Å². The number of amides is 1. The Morgan fingerprint density at radius 1 is 1.32 bits per heavy atom. The van der Waals surface area contributed by atoms with E-state index in [9.17, 15) is 14.7 Å². The van der Waals surface area contributed by atoms with Gasteiger partial charge < -0.3 is 20.5 Å². The van der Waals surface area contributed by atoms with E-state index in [1.807, 2.05) is 6.92 Å². The van der Waals surface area contributed by atoms with E-state index in [-0.39, 0.29) is 24.7 Å². The van der Waals surface area contributed by atoms with Crippen molar-refractivity contribution in [3.05, 3.63) is 0 Å². The van der Waals surface area contributed by atoms with Gasteiger partial charge in [0.25, 0.3) is 0 Å². The number of carbonyl (C=O) groups excluding carboxylic acids is 1. The molecular weight excluding hydrogens is 248 g/mol. The van der Waals surface area contributed by atoms with Crippen LogP contribution in [0.5, 0.6) is 0 Å². The Hall–Kier alpha value is -1.14. The summed E-state index contributed by atoms with van der Waals surface area (Å²) in [6.45, 7) is 3.65. The average Bonchev–Trinajstić information content (AvgIpc) is 2.81. The first-order valence-corrected chi connectivity index (χ1v) is 6.81. The summed E-state index contributed by atoms with van der Waals surface area (Å²) in [7, 11) is 0. The van der Waals surface area contributed by atoms with Crippen molar-refractivity contribution in [2.75, 3.05) is 26.2 Å². The van der Waals surface area contributed by atoms with Crippen molar-refractivity contribution in [2.24, 2.45) is 5.41 Å². The lowest BCUT2D eigenvalue weighted by molar-refractivity contribution is -0.149. The molecule has 0 unspecified atom stereocenters. The smallest absolute Gasteiger partial charge is 0.311 e. The standard InChI is InChI=1S/C13H22N2O4/c1-12(7-14-8-12)19-6-10(16)15-9-13(11(17)18)4-2-3-5-13/h14H,2-9H2,1H3,(H,15,16)(H,17,18). The highest BCUT2D eigenvalue weighted by Gasteiger charge is 2.41. The molecule has 2 aliphatic rings. The van der Waals surface area contributed by atoms with Gasteiger partial charge in [0, 0.05) is 19.6 Å². The van der Waals surface area contributed by atoms with E-state index in [2.05, 4.69) is 10.6 Å². The van der Waals surface area contributed by atoms with E-state index in [4.69, 9.17) is 4.74 Å². The zero-order valence-corrected chi connectivity index (χ0v) is 11.3. The lowest BCUT2D eigenvalue weighted by Crippen LogP contribution is -2.59. The van der Waals surface area contributed by atoms with Crippen LogP contribution in [0.2, 0.25) is 0 Å². The van der Waals surface area contributed by atoms with Crippen LogP contribution < -0.4 is 10.6 Å². The van der Waals surface area contributed by atoms with Gasteiger partial charge in [-0.25, -0.2) is 0 Å². The van der Waals surface area contributed by atoms with E-state index >= 15 is 0 Å². The predicted molar refractivity (Wildman–Crippen MR) is 68.8 cm³/mol. The minimum absolute atomic E-state index is 0.00607. The molecule has 0 spiro atoms. The van der Waals surface area contributed by atoms with Gasteiger partial charge in [-0.1, -0.05) is 12.8 Å². The first-order valence-electron chi connectivity index (χ1n) is 6.81. The van der Waals surface area contributed by atoms with Crippen molar-refractivity contribution in [3.8, 4) is 0 Å². The number of aliphatic carboxylic acids is 1. The second-order valence-corrected chi connectivity index (χ2v) is 5.91. The number of nitrogens with one attached hydrogen (secondary N) is 2. The highest BCUT2D eigenvalue weighted by atomic mass is 16.5. The van der Waals surface area contributed by atoms with Crippen molar-refractivity contribution in [1.29, 1.82) is 0 Å². The zero-order valence-electron chi connectivity index (χ0n) is 11.3. The van der Waals surface area contributed by atoms with Gasteiger partial charge >= 0.3 is 5.97 Å². The fraction of sp³-hybridized carbons (Fsp3) is 0.846. The first kappa shape index (κ1) is 14.3. The molecule has 0 aromatic rings. The molecule has 1 heterocycles. The second-order valence-electron chi connectivity index (χ2n) is 5.91. The maximum absolute atomic E-state index is 11.7. The summed E-state index contributed by atoms with van der Waals surface area (Å²) >= 11 is 0. The molecule has 6 nitrogen and oxygen atoms in total. The van der Waals surface area contributed by atoms with Crippen molar-refractivity contribution < 1.29 is 19.4 Å². The summed E-state index contributed by atoms with van der Waals surface area (Å²) in [4.78, 5) is 23.0. The van der Waals surface area contributed by atoms with Gasteiger partial charge in [-0.2, -0.15) is 0 Å². The van der Waals surface area contributed by atoms with E-state index in [0.717, 1.165) is 25.9 Å². The zero-order chi connectivity index (χ0) is 13.9. The van der Waals surface area contributed by atoms with Crippen LogP contribution in [0.15, 0.2) is 0 Å². The largest absolute Gasteiger partial charge is 0.481 e. The number of carboxylic acid groups (broad SMARTS) is 1. The molecule has 0 radical (unpaired) electrons. The number of rotatable bonds is 6. The maximum Gasteiger partial charge on any atom is 0.311 e. The van der Waals surface area contributed by atoms with Crippen molar-refractivity contribution in [2.45, 2.75) is 38.2 Å². The first-order chi connectivity index (χ1) is 8.96. The number of carboxylic acids is 1. The average molecular weight is 270 g/mol. The third-order valence-electron chi connectivity index (χ3n) is 4.19. The van der Waals surface area contributed by atoms with Crippen LogP contribution in [0.1, 0.15) is 32.6 Å². The molecule has 19 heavy (non-hydrogen) atoms. The summed E-state index contributed by atoms with van der Waals surface area (Å²) in [6.07, 6.45) is 3.13. The molecular formula is C13H22N2O4. The van der Waals surface area contributed by atoms with Crippen LogP contribution >= 0.6 is 0 Å². The molecule has 0 aromatic carbocycles. The molecule has 6 heteroatoms.